The summed E-state index contributed by atoms with van der Waals surface area (Å²) >= 11 is 0. The summed E-state index contributed by atoms with van der Waals surface area (Å²) in [6.07, 6.45) is 3.94. The smallest absolute Gasteiger partial charge is 0.310 e. The van der Waals surface area contributed by atoms with Crippen molar-refractivity contribution in [2.45, 2.75) is 32.6 Å². The van der Waals surface area contributed by atoms with Crippen LogP contribution in [0.15, 0.2) is 0 Å². The summed E-state index contributed by atoms with van der Waals surface area (Å²) in [5.41, 5.74) is -0.748. The Hall–Kier alpha value is -0.860. The summed E-state index contributed by atoms with van der Waals surface area (Å²) in [6.45, 7) is 1.70. The Bertz CT molecular complexity index is 192. The summed E-state index contributed by atoms with van der Waals surface area (Å²) < 4.78 is 0. The number of rotatable bonds is 3. The number of carbonyl (C=O) groups is 2. The molecule has 0 aromatic heterocycles. The van der Waals surface area contributed by atoms with Crippen LogP contribution in [0.4, 0.5) is 0 Å². The maximum Gasteiger partial charge on any atom is 0.310 e. The second kappa shape index (κ2) is 3.25. The van der Waals surface area contributed by atoms with Gasteiger partial charge in [-0.15, -0.1) is 0 Å². The van der Waals surface area contributed by atoms with Crippen LogP contribution in [-0.2, 0) is 9.59 Å². The first-order valence-electron chi connectivity index (χ1n) is 4.32. The number of hydrogen-bond acceptors (Lipinski definition) is 2. The van der Waals surface area contributed by atoms with Crippen molar-refractivity contribution in [2.75, 3.05) is 0 Å². The number of carbonyl (C=O) groups excluding carboxylic acids is 1. The van der Waals surface area contributed by atoms with E-state index in [0.29, 0.717) is 12.8 Å². The molecule has 0 bridgehead atoms. The third kappa shape index (κ3) is 1.24. The Morgan fingerprint density at radius 2 is 2.00 bits per heavy atom. The average molecular weight is 170 g/mol. The first-order valence-corrected chi connectivity index (χ1v) is 4.32. The minimum Gasteiger partial charge on any atom is -0.481 e. The number of hydrogen-bond donors (Lipinski definition) is 1. The van der Waals surface area contributed by atoms with Gasteiger partial charge < -0.3 is 9.90 Å². The summed E-state index contributed by atoms with van der Waals surface area (Å²) in [7, 11) is 0. The van der Waals surface area contributed by atoms with Gasteiger partial charge in [0.25, 0.3) is 0 Å². The Morgan fingerprint density at radius 3 is 2.33 bits per heavy atom. The molecular weight excluding hydrogens is 156 g/mol. The zero-order valence-electron chi connectivity index (χ0n) is 7.25. The monoisotopic (exact) mass is 170 g/mol. The lowest BCUT2D eigenvalue weighted by atomic mass is 9.75. The highest BCUT2D eigenvalue weighted by molar-refractivity contribution is 5.79. The van der Waals surface area contributed by atoms with Crippen LogP contribution >= 0.6 is 0 Å². The van der Waals surface area contributed by atoms with Crippen molar-refractivity contribution in [3.8, 4) is 0 Å². The van der Waals surface area contributed by atoms with Crippen LogP contribution in [0.3, 0.4) is 0 Å². The van der Waals surface area contributed by atoms with Gasteiger partial charge in [-0.1, -0.05) is 19.8 Å². The van der Waals surface area contributed by atoms with Crippen LogP contribution < -0.4 is 0 Å². The molecule has 1 saturated carbocycles. The van der Waals surface area contributed by atoms with E-state index in [1.54, 1.807) is 6.92 Å². The van der Waals surface area contributed by atoms with E-state index >= 15 is 0 Å². The van der Waals surface area contributed by atoms with E-state index in [1.807, 2.05) is 0 Å². The molecule has 0 radical (unpaired) electrons. The van der Waals surface area contributed by atoms with Crippen molar-refractivity contribution < 1.29 is 14.7 Å². The Kier molecular flexibility index (Phi) is 2.50. The molecule has 3 heteroatoms. The molecule has 1 aliphatic rings. The third-order valence-electron chi connectivity index (χ3n) is 3.00. The van der Waals surface area contributed by atoms with Gasteiger partial charge in [-0.3, -0.25) is 4.79 Å². The van der Waals surface area contributed by atoms with Gasteiger partial charge in [0.1, 0.15) is 6.29 Å². The van der Waals surface area contributed by atoms with Crippen molar-refractivity contribution in [3.05, 3.63) is 0 Å². The molecule has 1 N–H and O–H groups in total. The number of aldehydes is 1. The Labute approximate surface area is 71.8 Å². The largest absolute Gasteiger partial charge is 0.481 e. The minimum atomic E-state index is -0.806. The van der Waals surface area contributed by atoms with E-state index < -0.39 is 11.4 Å². The van der Waals surface area contributed by atoms with Crippen molar-refractivity contribution in [3.63, 3.8) is 0 Å². The lowest BCUT2D eigenvalue weighted by molar-refractivity contribution is -0.153. The summed E-state index contributed by atoms with van der Waals surface area (Å²) in [4.78, 5) is 21.5. The summed E-state index contributed by atoms with van der Waals surface area (Å²) in [5.74, 6) is -1.16. The SMILES string of the molecule is CC(C=O)C1(C(=O)O)CCCC1. The normalized spacial score (nSPS) is 23.4. The summed E-state index contributed by atoms with van der Waals surface area (Å²) in [5, 5.41) is 9.01. The lowest BCUT2D eigenvalue weighted by Gasteiger charge is -2.26. The van der Waals surface area contributed by atoms with Crippen LogP contribution in [-0.4, -0.2) is 17.4 Å². The molecule has 68 valence electrons. The standard InChI is InChI=1S/C9H14O3/c1-7(6-10)9(8(11)12)4-2-3-5-9/h6-7H,2-5H2,1H3,(H,11,12). The Morgan fingerprint density at radius 1 is 1.50 bits per heavy atom. The van der Waals surface area contributed by atoms with Gasteiger partial charge in [0.2, 0.25) is 0 Å². The van der Waals surface area contributed by atoms with E-state index in [4.69, 9.17) is 5.11 Å². The van der Waals surface area contributed by atoms with Crippen LogP contribution in [0.1, 0.15) is 32.6 Å². The van der Waals surface area contributed by atoms with Crippen LogP contribution in [0.2, 0.25) is 0 Å². The fourth-order valence-electron chi connectivity index (χ4n) is 2.00. The highest BCUT2D eigenvalue weighted by atomic mass is 16.4. The Balaban J connectivity index is 2.85. The average Bonchev–Trinajstić information content (AvgIpc) is 2.52. The van der Waals surface area contributed by atoms with Gasteiger partial charge in [0.05, 0.1) is 5.41 Å². The van der Waals surface area contributed by atoms with E-state index in [0.717, 1.165) is 19.1 Å². The second-order valence-corrected chi connectivity index (χ2v) is 3.59. The van der Waals surface area contributed by atoms with E-state index in [9.17, 15) is 9.59 Å². The fourth-order valence-corrected chi connectivity index (χ4v) is 2.00. The maximum atomic E-state index is 11.0. The highest BCUT2D eigenvalue weighted by Gasteiger charge is 2.45. The molecule has 0 aliphatic heterocycles. The van der Waals surface area contributed by atoms with E-state index in [-0.39, 0.29) is 5.92 Å². The van der Waals surface area contributed by atoms with Crippen molar-refractivity contribution >= 4 is 12.3 Å². The van der Waals surface area contributed by atoms with Gasteiger partial charge in [-0.2, -0.15) is 0 Å². The van der Waals surface area contributed by atoms with Crippen molar-refractivity contribution in [2.24, 2.45) is 11.3 Å². The minimum absolute atomic E-state index is 0.350. The first-order chi connectivity index (χ1) is 5.63. The predicted octanol–water partition coefficient (Wildman–Crippen LogP) is 1.47. The van der Waals surface area contributed by atoms with E-state index in [2.05, 4.69) is 0 Å². The molecule has 12 heavy (non-hydrogen) atoms. The van der Waals surface area contributed by atoms with Gasteiger partial charge in [-0.05, 0) is 12.8 Å². The molecule has 1 atom stereocenters. The molecule has 0 aromatic rings. The molecule has 0 amide bonds. The molecule has 1 unspecified atom stereocenters. The van der Waals surface area contributed by atoms with Gasteiger partial charge >= 0.3 is 5.97 Å². The molecule has 0 saturated heterocycles. The van der Waals surface area contributed by atoms with Crippen molar-refractivity contribution in [1.29, 1.82) is 0 Å². The first kappa shape index (κ1) is 9.23. The van der Waals surface area contributed by atoms with Gasteiger partial charge in [0, 0.05) is 5.92 Å². The quantitative estimate of drug-likeness (QED) is 0.652. The summed E-state index contributed by atoms with van der Waals surface area (Å²) in [6, 6.07) is 0. The fraction of sp³-hybridized carbons (Fsp3) is 0.778. The molecular formula is C9H14O3. The van der Waals surface area contributed by atoms with Crippen LogP contribution in [0.25, 0.3) is 0 Å². The predicted molar refractivity (Wildman–Crippen MR) is 43.8 cm³/mol. The number of carboxylic acids is 1. The van der Waals surface area contributed by atoms with E-state index in [1.165, 1.54) is 0 Å². The zero-order valence-corrected chi connectivity index (χ0v) is 7.25. The highest BCUT2D eigenvalue weighted by Crippen LogP contribution is 2.43. The molecule has 3 nitrogen and oxygen atoms in total. The zero-order chi connectivity index (χ0) is 9.19. The molecule has 0 heterocycles. The third-order valence-corrected chi connectivity index (χ3v) is 3.00. The van der Waals surface area contributed by atoms with Crippen molar-refractivity contribution in [1.82, 2.24) is 0 Å². The maximum absolute atomic E-state index is 11.0. The van der Waals surface area contributed by atoms with Crippen LogP contribution in [0, 0.1) is 11.3 Å². The van der Waals surface area contributed by atoms with Crippen LogP contribution in [0.5, 0.6) is 0 Å². The second-order valence-electron chi connectivity index (χ2n) is 3.59. The van der Waals surface area contributed by atoms with Gasteiger partial charge in [-0.25, -0.2) is 0 Å². The number of carboxylic acid groups (broad SMARTS) is 1. The molecule has 1 aliphatic carbocycles. The lowest BCUT2D eigenvalue weighted by Crippen LogP contribution is -2.35. The molecule has 0 aromatic carbocycles. The molecule has 1 fully saturated rings. The molecule has 0 spiro atoms. The topological polar surface area (TPSA) is 54.4 Å². The molecule has 1 rings (SSSR count). The van der Waals surface area contributed by atoms with Gasteiger partial charge in [0.15, 0.2) is 0 Å². The number of aliphatic carboxylic acids is 1.